The van der Waals surface area contributed by atoms with Gasteiger partial charge in [-0.25, -0.2) is 0 Å². The van der Waals surface area contributed by atoms with Crippen LogP contribution in [0.15, 0.2) is 47.6 Å². The van der Waals surface area contributed by atoms with Gasteiger partial charge in [0.25, 0.3) is 0 Å². The normalized spacial score (nSPS) is 10.1. The van der Waals surface area contributed by atoms with Crippen molar-refractivity contribution in [2.75, 3.05) is 17.2 Å². The Morgan fingerprint density at radius 3 is 2.57 bits per heavy atom. The minimum atomic E-state index is 0.778. The van der Waals surface area contributed by atoms with Crippen LogP contribution < -0.4 is 4.90 Å². The molecule has 0 unspecified atom stereocenters. The van der Waals surface area contributed by atoms with E-state index in [9.17, 15) is 5.26 Å². The second-order valence-corrected chi connectivity index (χ2v) is 5.87. The summed E-state index contributed by atoms with van der Waals surface area (Å²) in [5.74, 6) is 0.967. The molecule has 21 heavy (non-hydrogen) atoms. The molecule has 0 saturated carbocycles. The highest BCUT2D eigenvalue weighted by Crippen LogP contribution is 2.30. The third-order valence-electron chi connectivity index (χ3n) is 3.26. The molecule has 0 aliphatic rings. The number of nitriles is 1. The maximum Gasteiger partial charge on any atom is 0.103 e. The first kappa shape index (κ1) is 15.4. The molecule has 0 amide bonds. The molecule has 0 saturated heterocycles. The van der Waals surface area contributed by atoms with Gasteiger partial charge in [-0.15, -0.1) is 11.8 Å². The van der Waals surface area contributed by atoms with Crippen LogP contribution in [0.25, 0.3) is 0 Å². The van der Waals surface area contributed by atoms with Gasteiger partial charge < -0.3 is 4.90 Å². The lowest BCUT2D eigenvalue weighted by molar-refractivity contribution is 0.827. The van der Waals surface area contributed by atoms with Crippen LogP contribution in [-0.4, -0.2) is 17.3 Å². The third-order valence-corrected chi connectivity index (χ3v) is 4.20. The Morgan fingerprint density at radius 2 is 1.95 bits per heavy atom. The van der Waals surface area contributed by atoms with Gasteiger partial charge in [-0.05, 0) is 42.5 Å². The molecule has 4 heteroatoms. The topological polar surface area (TPSA) is 39.9 Å². The molecule has 0 fully saturated rings. The van der Waals surface area contributed by atoms with Crippen LogP contribution in [0.1, 0.15) is 25.0 Å². The van der Waals surface area contributed by atoms with Gasteiger partial charge >= 0.3 is 0 Å². The number of hydrogen-bond donors (Lipinski definition) is 0. The Kier molecular flexibility index (Phi) is 5.65. The first-order valence-electron chi connectivity index (χ1n) is 7.09. The first-order chi connectivity index (χ1) is 10.3. The fraction of sp³-hybridized carbons (Fsp3) is 0.294. The molecule has 1 heterocycles. The van der Waals surface area contributed by atoms with E-state index in [-0.39, 0.29) is 0 Å². The number of rotatable bonds is 6. The van der Waals surface area contributed by atoms with Gasteiger partial charge in [-0.2, -0.15) is 5.26 Å². The summed E-state index contributed by atoms with van der Waals surface area (Å²) < 4.78 is 0. The number of nitrogens with zero attached hydrogens (tertiary/aromatic N) is 3. The molecule has 2 rings (SSSR count). The monoisotopic (exact) mass is 297 g/mol. The zero-order valence-electron chi connectivity index (χ0n) is 12.4. The Morgan fingerprint density at radius 1 is 1.19 bits per heavy atom. The highest BCUT2D eigenvalue weighted by Gasteiger charge is 2.13. The number of thioether (sulfide) groups is 1. The number of anilines is 1. The van der Waals surface area contributed by atoms with Crippen LogP contribution in [0.5, 0.6) is 0 Å². The van der Waals surface area contributed by atoms with Crippen molar-refractivity contribution in [1.29, 1.82) is 5.26 Å². The second-order valence-electron chi connectivity index (χ2n) is 4.56. The summed E-state index contributed by atoms with van der Waals surface area (Å²) in [6, 6.07) is 12.5. The van der Waals surface area contributed by atoms with Gasteiger partial charge in [0.2, 0.25) is 0 Å². The zero-order valence-corrected chi connectivity index (χ0v) is 13.2. The van der Waals surface area contributed by atoms with Gasteiger partial charge in [0.15, 0.2) is 0 Å². The van der Waals surface area contributed by atoms with Crippen LogP contribution in [0.4, 0.5) is 5.69 Å². The van der Waals surface area contributed by atoms with Gasteiger partial charge in [0, 0.05) is 30.4 Å². The Balaban J connectivity index is 2.34. The lowest BCUT2D eigenvalue weighted by Crippen LogP contribution is -2.23. The van der Waals surface area contributed by atoms with Crippen molar-refractivity contribution in [3.8, 4) is 6.07 Å². The number of benzene rings is 1. The molecule has 0 aliphatic heterocycles. The second kappa shape index (κ2) is 7.70. The molecule has 0 atom stereocenters. The van der Waals surface area contributed by atoms with E-state index in [2.05, 4.69) is 29.8 Å². The zero-order chi connectivity index (χ0) is 15.1. The predicted octanol–water partition coefficient (Wildman–Crippen LogP) is 4.09. The van der Waals surface area contributed by atoms with E-state index in [0.717, 1.165) is 35.0 Å². The quantitative estimate of drug-likeness (QED) is 0.753. The lowest BCUT2D eigenvalue weighted by Gasteiger charge is -2.25. The van der Waals surface area contributed by atoms with Crippen LogP contribution in [0.2, 0.25) is 0 Å². The highest BCUT2D eigenvalue weighted by molar-refractivity contribution is 7.99. The maximum atomic E-state index is 9.54. The predicted molar refractivity (Wildman–Crippen MR) is 88.5 cm³/mol. The van der Waals surface area contributed by atoms with Crippen molar-refractivity contribution in [2.24, 2.45) is 0 Å². The van der Waals surface area contributed by atoms with Crippen molar-refractivity contribution < 1.29 is 0 Å². The van der Waals surface area contributed by atoms with Gasteiger partial charge in [-0.1, -0.05) is 13.0 Å². The van der Waals surface area contributed by atoms with Crippen molar-refractivity contribution in [2.45, 2.75) is 25.3 Å². The smallest absolute Gasteiger partial charge is 0.103 e. The van der Waals surface area contributed by atoms with Crippen molar-refractivity contribution in [3.05, 3.63) is 53.9 Å². The SMILES string of the molecule is CCSc1cccc(N(CC)Cc2ccncc2)c1C#N. The maximum absolute atomic E-state index is 9.54. The number of pyridine rings is 1. The Bertz CT molecular complexity index is 620. The average Bonchev–Trinajstić information content (AvgIpc) is 2.54. The van der Waals surface area contributed by atoms with E-state index in [4.69, 9.17) is 0 Å². The van der Waals surface area contributed by atoms with Gasteiger partial charge in [0.1, 0.15) is 6.07 Å². The van der Waals surface area contributed by atoms with Crippen LogP contribution >= 0.6 is 11.8 Å². The van der Waals surface area contributed by atoms with E-state index in [1.165, 1.54) is 5.56 Å². The summed E-state index contributed by atoms with van der Waals surface area (Å²) >= 11 is 1.72. The molecule has 0 N–H and O–H groups in total. The van der Waals surface area contributed by atoms with Gasteiger partial charge in [0.05, 0.1) is 11.3 Å². The van der Waals surface area contributed by atoms with E-state index in [0.29, 0.717) is 0 Å². The van der Waals surface area contributed by atoms with E-state index in [1.54, 1.807) is 24.2 Å². The third kappa shape index (κ3) is 3.77. The van der Waals surface area contributed by atoms with Crippen molar-refractivity contribution in [3.63, 3.8) is 0 Å². The molecular formula is C17H19N3S. The van der Waals surface area contributed by atoms with Crippen LogP contribution in [0.3, 0.4) is 0 Å². The molecule has 0 radical (unpaired) electrons. The molecule has 1 aromatic carbocycles. The Labute approximate surface area is 130 Å². The van der Waals surface area contributed by atoms with E-state index in [1.807, 2.05) is 30.3 Å². The average molecular weight is 297 g/mol. The molecule has 3 nitrogen and oxygen atoms in total. The molecule has 2 aromatic rings. The standard InChI is InChI=1S/C17H19N3S/c1-3-20(13-14-8-10-19-11-9-14)16-6-5-7-17(21-4-2)15(16)12-18/h5-11H,3-4,13H2,1-2H3. The van der Waals surface area contributed by atoms with Crippen molar-refractivity contribution >= 4 is 17.4 Å². The summed E-state index contributed by atoms with van der Waals surface area (Å²) in [7, 11) is 0. The summed E-state index contributed by atoms with van der Waals surface area (Å²) in [5, 5.41) is 9.54. The Hall–Kier alpha value is -1.99. The van der Waals surface area contributed by atoms with E-state index >= 15 is 0 Å². The minimum Gasteiger partial charge on any atom is -0.366 e. The lowest BCUT2D eigenvalue weighted by atomic mass is 10.1. The summed E-state index contributed by atoms with van der Waals surface area (Å²) in [6.07, 6.45) is 3.61. The number of hydrogen-bond acceptors (Lipinski definition) is 4. The molecule has 0 aliphatic carbocycles. The molecule has 1 aromatic heterocycles. The fourth-order valence-electron chi connectivity index (χ4n) is 2.25. The van der Waals surface area contributed by atoms with Crippen LogP contribution in [-0.2, 0) is 6.54 Å². The summed E-state index contributed by atoms with van der Waals surface area (Å²) in [6.45, 7) is 5.86. The molecular weight excluding hydrogens is 278 g/mol. The van der Waals surface area contributed by atoms with Crippen LogP contribution in [0, 0.1) is 11.3 Å². The summed E-state index contributed by atoms with van der Waals surface area (Å²) in [4.78, 5) is 7.34. The fourth-order valence-corrected chi connectivity index (χ4v) is 3.03. The van der Waals surface area contributed by atoms with E-state index < -0.39 is 0 Å². The molecule has 0 bridgehead atoms. The highest BCUT2D eigenvalue weighted by atomic mass is 32.2. The first-order valence-corrected chi connectivity index (χ1v) is 8.08. The molecule has 108 valence electrons. The molecule has 0 spiro atoms. The van der Waals surface area contributed by atoms with Gasteiger partial charge in [-0.3, -0.25) is 4.98 Å². The van der Waals surface area contributed by atoms with Crippen molar-refractivity contribution in [1.82, 2.24) is 4.98 Å². The minimum absolute atomic E-state index is 0.778. The summed E-state index contributed by atoms with van der Waals surface area (Å²) in [5.41, 5.74) is 2.99. The largest absolute Gasteiger partial charge is 0.366 e. The number of aromatic nitrogens is 1.